The van der Waals surface area contributed by atoms with E-state index in [-0.39, 0.29) is 11.6 Å². The molecule has 0 spiro atoms. The average molecular weight is 264 g/mol. The summed E-state index contributed by atoms with van der Waals surface area (Å²) in [5.41, 5.74) is 1.96. The molecule has 2 amide bonds. The number of benzene rings is 1. The minimum atomic E-state index is -0.213. The van der Waals surface area contributed by atoms with Gasteiger partial charge in [-0.25, -0.2) is 4.79 Å². The van der Waals surface area contributed by atoms with Crippen LogP contribution < -0.4 is 21.3 Å². The lowest BCUT2D eigenvalue weighted by atomic mass is 10.1. The van der Waals surface area contributed by atoms with Gasteiger partial charge in [0, 0.05) is 37.1 Å². The summed E-state index contributed by atoms with van der Waals surface area (Å²) >= 11 is 0. The van der Waals surface area contributed by atoms with Gasteiger partial charge in [0.25, 0.3) is 0 Å². The van der Waals surface area contributed by atoms with Crippen LogP contribution >= 0.6 is 0 Å². The van der Waals surface area contributed by atoms with E-state index in [4.69, 9.17) is 0 Å². The first-order chi connectivity index (χ1) is 8.90. The van der Waals surface area contributed by atoms with E-state index in [1.807, 2.05) is 24.3 Å². The van der Waals surface area contributed by atoms with Crippen LogP contribution in [0.3, 0.4) is 0 Å². The van der Waals surface area contributed by atoms with Crippen LogP contribution in [0.15, 0.2) is 24.3 Å². The van der Waals surface area contributed by atoms with Crippen LogP contribution in [0, 0.1) is 0 Å². The van der Waals surface area contributed by atoms with E-state index in [1.54, 1.807) is 7.05 Å². The number of carbonyl (C=O) groups is 1. The van der Waals surface area contributed by atoms with E-state index in [2.05, 4.69) is 42.0 Å². The van der Waals surface area contributed by atoms with Crippen molar-refractivity contribution in [3.63, 3.8) is 0 Å². The monoisotopic (exact) mass is 264 g/mol. The molecule has 0 heterocycles. The van der Waals surface area contributed by atoms with E-state index in [0.717, 1.165) is 24.5 Å². The van der Waals surface area contributed by atoms with Crippen LogP contribution in [0.5, 0.6) is 0 Å². The fourth-order valence-electron chi connectivity index (χ4n) is 1.51. The Bertz CT molecular complexity index is 395. The highest BCUT2D eigenvalue weighted by Gasteiger charge is 2.06. The molecule has 1 aromatic carbocycles. The summed E-state index contributed by atoms with van der Waals surface area (Å²) in [4.78, 5) is 11.1. The molecular weight excluding hydrogens is 240 g/mol. The van der Waals surface area contributed by atoms with Crippen molar-refractivity contribution < 1.29 is 4.79 Å². The second-order valence-corrected chi connectivity index (χ2v) is 5.39. The van der Waals surface area contributed by atoms with Gasteiger partial charge in [-0.05, 0) is 45.0 Å². The standard InChI is InChI=1S/C14H24N4O/c1-14(2,3)17-10-9-16-11-5-7-12(8-6-11)18-13(19)15-4/h5-8,16-17H,9-10H2,1-4H3,(H2,15,18,19). The lowest BCUT2D eigenvalue weighted by Gasteiger charge is -2.20. The average Bonchev–Trinajstić information content (AvgIpc) is 2.35. The molecule has 0 aromatic heterocycles. The van der Waals surface area contributed by atoms with Gasteiger partial charge in [0.05, 0.1) is 0 Å². The van der Waals surface area contributed by atoms with Crippen molar-refractivity contribution in [2.24, 2.45) is 0 Å². The Kier molecular flexibility index (Phi) is 5.63. The van der Waals surface area contributed by atoms with Gasteiger partial charge in [-0.1, -0.05) is 0 Å². The zero-order valence-corrected chi connectivity index (χ0v) is 12.1. The lowest BCUT2D eigenvalue weighted by Crippen LogP contribution is -2.38. The summed E-state index contributed by atoms with van der Waals surface area (Å²) in [5.74, 6) is 0. The van der Waals surface area contributed by atoms with Crippen LogP contribution in [0.25, 0.3) is 0 Å². The molecule has 4 N–H and O–H groups in total. The van der Waals surface area contributed by atoms with Crippen LogP contribution in [0.1, 0.15) is 20.8 Å². The molecule has 0 radical (unpaired) electrons. The maximum absolute atomic E-state index is 11.1. The number of hydrogen-bond donors (Lipinski definition) is 4. The van der Waals surface area contributed by atoms with Crippen molar-refractivity contribution in [1.29, 1.82) is 0 Å². The summed E-state index contributed by atoms with van der Waals surface area (Å²) in [6, 6.07) is 7.42. The Morgan fingerprint density at radius 3 is 2.16 bits per heavy atom. The highest BCUT2D eigenvalue weighted by atomic mass is 16.2. The van der Waals surface area contributed by atoms with E-state index in [0.29, 0.717) is 0 Å². The molecule has 0 aliphatic heterocycles. The Hall–Kier alpha value is -1.75. The maximum Gasteiger partial charge on any atom is 0.318 e. The number of carbonyl (C=O) groups excluding carboxylic acids is 1. The largest absolute Gasteiger partial charge is 0.384 e. The molecule has 0 unspecified atom stereocenters. The second-order valence-electron chi connectivity index (χ2n) is 5.39. The van der Waals surface area contributed by atoms with Crippen LogP contribution in [0.2, 0.25) is 0 Å². The van der Waals surface area contributed by atoms with E-state index >= 15 is 0 Å². The number of anilines is 2. The number of nitrogens with one attached hydrogen (secondary N) is 4. The van der Waals surface area contributed by atoms with Gasteiger partial charge in [0.15, 0.2) is 0 Å². The Labute approximate surface area is 115 Å². The Morgan fingerprint density at radius 1 is 1.05 bits per heavy atom. The molecular formula is C14H24N4O. The molecule has 0 bridgehead atoms. The molecule has 0 atom stereocenters. The van der Waals surface area contributed by atoms with Gasteiger partial charge in [-0.15, -0.1) is 0 Å². The third-order valence-corrected chi connectivity index (χ3v) is 2.48. The van der Waals surface area contributed by atoms with Gasteiger partial charge < -0.3 is 21.3 Å². The molecule has 0 saturated carbocycles. The molecule has 0 aliphatic carbocycles. The van der Waals surface area contributed by atoms with Crippen molar-refractivity contribution in [2.75, 3.05) is 30.8 Å². The number of urea groups is 1. The topological polar surface area (TPSA) is 65.2 Å². The number of hydrogen-bond acceptors (Lipinski definition) is 3. The quantitative estimate of drug-likeness (QED) is 0.617. The summed E-state index contributed by atoms with van der Waals surface area (Å²) in [7, 11) is 1.59. The van der Waals surface area contributed by atoms with Crippen LogP contribution in [-0.4, -0.2) is 31.7 Å². The minimum Gasteiger partial charge on any atom is -0.384 e. The maximum atomic E-state index is 11.1. The lowest BCUT2D eigenvalue weighted by molar-refractivity contribution is 0.254. The summed E-state index contributed by atoms with van der Waals surface area (Å²) in [6.07, 6.45) is 0. The van der Waals surface area contributed by atoms with Crippen molar-refractivity contribution >= 4 is 17.4 Å². The molecule has 0 aliphatic rings. The normalized spacial score (nSPS) is 10.9. The zero-order valence-electron chi connectivity index (χ0n) is 12.1. The minimum absolute atomic E-state index is 0.142. The predicted octanol–water partition coefficient (Wildman–Crippen LogP) is 2.24. The van der Waals surface area contributed by atoms with Crippen LogP contribution in [-0.2, 0) is 0 Å². The van der Waals surface area contributed by atoms with E-state index < -0.39 is 0 Å². The molecule has 0 saturated heterocycles. The SMILES string of the molecule is CNC(=O)Nc1ccc(NCCNC(C)(C)C)cc1. The first-order valence-corrected chi connectivity index (χ1v) is 6.48. The number of amides is 2. The van der Waals surface area contributed by atoms with Gasteiger partial charge in [0.2, 0.25) is 0 Å². The summed E-state index contributed by atoms with van der Waals surface area (Å²) < 4.78 is 0. The van der Waals surface area contributed by atoms with Crippen molar-refractivity contribution in [3.8, 4) is 0 Å². The van der Waals surface area contributed by atoms with Gasteiger partial charge in [0.1, 0.15) is 0 Å². The van der Waals surface area contributed by atoms with Crippen molar-refractivity contribution in [2.45, 2.75) is 26.3 Å². The first-order valence-electron chi connectivity index (χ1n) is 6.48. The summed E-state index contributed by atoms with van der Waals surface area (Å²) in [5, 5.41) is 12.0. The van der Waals surface area contributed by atoms with E-state index in [1.165, 1.54) is 0 Å². The fraction of sp³-hybridized carbons (Fsp3) is 0.500. The zero-order chi connectivity index (χ0) is 14.3. The van der Waals surface area contributed by atoms with Gasteiger partial charge >= 0.3 is 6.03 Å². The Balaban J connectivity index is 2.34. The molecule has 1 rings (SSSR count). The predicted molar refractivity (Wildman–Crippen MR) is 80.8 cm³/mol. The fourth-order valence-corrected chi connectivity index (χ4v) is 1.51. The Morgan fingerprint density at radius 2 is 1.63 bits per heavy atom. The molecule has 1 aromatic rings. The smallest absolute Gasteiger partial charge is 0.318 e. The highest BCUT2D eigenvalue weighted by molar-refractivity contribution is 5.89. The van der Waals surface area contributed by atoms with Gasteiger partial charge in [-0.3, -0.25) is 0 Å². The van der Waals surface area contributed by atoms with Gasteiger partial charge in [-0.2, -0.15) is 0 Å². The van der Waals surface area contributed by atoms with Crippen molar-refractivity contribution in [3.05, 3.63) is 24.3 Å². The van der Waals surface area contributed by atoms with Crippen LogP contribution in [0.4, 0.5) is 16.2 Å². The molecule has 106 valence electrons. The third-order valence-electron chi connectivity index (χ3n) is 2.48. The highest BCUT2D eigenvalue weighted by Crippen LogP contribution is 2.13. The third kappa shape index (κ3) is 6.67. The number of rotatable bonds is 5. The molecule has 5 nitrogen and oxygen atoms in total. The molecule has 5 heteroatoms. The second kappa shape index (κ2) is 6.99. The summed E-state index contributed by atoms with van der Waals surface area (Å²) in [6.45, 7) is 8.20. The van der Waals surface area contributed by atoms with Crippen molar-refractivity contribution in [1.82, 2.24) is 10.6 Å². The van der Waals surface area contributed by atoms with E-state index in [9.17, 15) is 4.79 Å². The molecule has 0 fully saturated rings. The first kappa shape index (κ1) is 15.3. The molecule has 19 heavy (non-hydrogen) atoms.